The van der Waals surface area contributed by atoms with Crippen LogP contribution in [-0.4, -0.2) is 57.2 Å². The van der Waals surface area contributed by atoms with Crippen LogP contribution < -0.4 is 10.6 Å². The molecule has 2 aromatic rings. The van der Waals surface area contributed by atoms with Crippen LogP contribution in [0.5, 0.6) is 0 Å². The zero-order valence-corrected chi connectivity index (χ0v) is 20.3. The van der Waals surface area contributed by atoms with Gasteiger partial charge >= 0.3 is 0 Å². The van der Waals surface area contributed by atoms with Gasteiger partial charge in [-0.25, -0.2) is 4.98 Å². The first-order valence-electron chi connectivity index (χ1n) is 12.1. The van der Waals surface area contributed by atoms with E-state index in [1.54, 1.807) is 30.5 Å². The van der Waals surface area contributed by atoms with Gasteiger partial charge in [-0.2, -0.15) is 0 Å². The molecule has 1 aromatic heterocycles. The van der Waals surface area contributed by atoms with E-state index in [0.717, 1.165) is 18.2 Å². The lowest BCUT2D eigenvalue weighted by Gasteiger charge is -2.48. The maximum absolute atomic E-state index is 12.9. The molecule has 0 radical (unpaired) electrons. The Morgan fingerprint density at radius 3 is 2.39 bits per heavy atom. The van der Waals surface area contributed by atoms with Crippen LogP contribution in [-0.2, 0) is 11.8 Å². The van der Waals surface area contributed by atoms with Crippen molar-refractivity contribution in [3.8, 4) is 0 Å². The molecule has 4 rings (SSSR count). The van der Waals surface area contributed by atoms with Crippen molar-refractivity contribution >= 4 is 29.3 Å². The van der Waals surface area contributed by atoms with Crippen molar-refractivity contribution in [3.63, 3.8) is 0 Å². The molecule has 0 spiro atoms. The molecular weight excluding hydrogens is 434 g/mol. The van der Waals surface area contributed by atoms with E-state index in [1.807, 2.05) is 17.8 Å². The maximum Gasteiger partial charge on any atom is 0.251 e. The van der Waals surface area contributed by atoms with Crippen LogP contribution in [0, 0.1) is 0 Å². The number of piperidine rings is 1. The summed E-state index contributed by atoms with van der Waals surface area (Å²) in [7, 11) is 1.90. The van der Waals surface area contributed by atoms with E-state index < -0.39 is 0 Å². The first kappa shape index (κ1) is 23.8. The minimum Gasteiger partial charge on any atom is -0.350 e. The number of carbonyl (C=O) groups excluding carboxylic acids is 2. The summed E-state index contributed by atoms with van der Waals surface area (Å²) < 4.78 is 1.88. The van der Waals surface area contributed by atoms with Gasteiger partial charge in [0.1, 0.15) is 0 Å². The average molecular weight is 470 g/mol. The van der Waals surface area contributed by atoms with Crippen molar-refractivity contribution in [2.75, 3.05) is 30.7 Å². The number of imidazole rings is 1. The Kier molecular flexibility index (Phi) is 8.09. The van der Waals surface area contributed by atoms with Gasteiger partial charge in [-0.05, 0) is 63.0 Å². The van der Waals surface area contributed by atoms with Crippen molar-refractivity contribution in [1.82, 2.24) is 19.8 Å². The van der Waals surface area contributed by atoms with Gasteiger partial charge in [0.2, 0.25) is 5.91 Å². The van der Waals surface area contributed by atoms with Gasteiger partial charge in [0, 0.05) is 42.8 Å². The lowest BCUT2D eigenvalue weighted by molar-refractivity contribution is -0.113. The fourth-order valence-electron chi connectivity index (χ4n) is 5.05. The normalized spacial score (nSPS) is 18.6. The molecule has 7 nitrogen and oxygen atoms in total. The predicted octanol–water partition coefficient (Wildman–Crippen LogP) is 4.07. The number of hydrogen-bond donors (Lipinski definition) is 2. The number of nitrogens with one attached hydrogen (secondary N) is 2. The third-order valence-corrected chi connectivity index (χ3v) is 7.99. The van der Waals surface area contributed by atoms with Crippen LogP contribution in [0.2, 0.25) is 0 Å². The molecular formula is C25H35N5O2S. The number of amides is 2. The molecule has 1 aliphatic carbocycles. The van der Waals surface area contributed by atoms with Crippen molar-refractivity contribution in [1.29, 1.82) is 0 Å². The van der Waals surface area contributed by atoms with Gasteiger partial charge in [0.25, 0.3) is 5.91 Å². The summed E-state index contributed by atoms with van der Waals surface area (Å²) in [6.07, 6.45) is 13.6. The summed E-state index contributed by atoms with van der Waals surface area (Å²) in [6, 6.07) is 7.15. The molecule has 178 valence electrons. The van der Waals surface area contributed by atoms with E-state index >= 15 is 0 Å². The largest absolute Gasteiger partial charge is 0.350 e. The number of anilines is 1. The highest BCUT2D eigenvalue weighted by Gasteiger charge is 2.38. The fraction of sp³-hybridized carbons (Fsp3) is 0.560. The number of aryl methyl sites for hydroxylation is 1. The van der Waals surface area contributed by atoms with Gasteiger partial charge in [-0.3, -0.25) is 14.5 Å². The summed E-state index contributed by atoms with van der Waals surface area (Å²) in [4.78, 5) is 32.0. The van der Waals surface area contributed by atoms with Crippen LogP contribution in [0.25, 0.3) is 0 Å². The number of rotatable bonds is 8. The van der Waals surface area contributed by atoms with E-state index in [2.05, 4.69) is 20.5 Å². The standard InChI is InChI=1S/C25H35N5O2S/c1-29-17-14-26-24(29)33-18-22(31)28-21-10-8-20(9-11-21)23(32)27-19-25(12-4-2-5-13-25)30-15-6-3-7-16-30/h8-11,14,17H,2-7,12-13,15-16,18-19H2,1H3,(H,27,32)(H,28,31). The molecule has 2 heterocycles. The monoisotopic (exact) mass is 469 g/mol. The van der Waals surface area contributed by atoms with E-state index in [4.69, 9.17) is 0 Å². The number of aromatic nitrogens is 2. The molecule has 1 saturated carbocycles. The molecule has 0 atom stereocenters. The lowest BCUT2D eigenvalue weighted by atomic mass is 9.79. The molecule has 2 fully saturated rings. The zero-order valence-electron chi connectivity index (χ0n) is 19.5. The molecule has 2 aliphatic rings. The first-order valence-corrected chi connectivity index (χ1v) is 13.1. The molecule has 0 bridgehead atoms. The molecule has 1 aromatic carbocycles. The Morgan fingerprint density at radius 2 is 1.73 bits per heavy atom. The molecule has 1 saturated heterocycles. The summed E-state index contributed by atoms with van der Waals surface area (Å²) in [5.41, 5.74) is 1.43. The van der Waals surface area contributed by atoms with Crippen molar-refractivity contribution in [3.05, 3.63) is 42.2 Å². The highest BCUT2D eigenvalue weighted by Crippen LogP contribution is 2.35. The predicted molar refractivity (Wildman–Crippen MR) is 133 cm³/mol. The number of thioether (sulfide) groups is 1. The Labute approximate surface area is 200 Å². The quantitative estimate of drug-likeness (QED) is 0.570. The summed E-state index contributed by atoms with van der Waals surface area (Å²) in [5, 5.41) is 6.92. The summed E-state index contributed by atoms with van der Waals surface area (Å²) in [5.74, 6) is 0.146. The number of nitrogens with zero attached hydrogens (tertiary/aromatic N) is 3. The van der Waals surface area contributed by atoms with Gasteiger partial charge in [-0.1, -0.05) is 37.4 Å². The van der Waals surface area contributed by atoms with Crippen LogP contribution >= 0.6 is 11.8 Å². The molecule has 0 unspecified atom stereocenters. The smallest absolute Gasteiger partial charge is 0.251 e. The molecule has 2 amide bonds. The van der Waals surface area contributed by atoms with Crippen LogP contribution in [0.4, 0.5) is 5.69 Å². The SMILES string of the molecule is Cn1ccnc1SCC(=O)Nc1ccc(C(=O)NCC2(N3CCCCC3)CCCCC2)cc1. The zero-order chi connectivity index (χ0) is 23.1. The van der Waals surface area contributed by atoms with Crippen molar-refractivity contribution in [2.24, 2.45) is 7.05 Å². The number of benzene rings is 1. The minimum atomic E-state index is -0.0963. The molecule has 2 N–H and O–H groups in total. The third-order valence-electron chi connectivity index (χ3n) is 6.93. The second kappa shape index (κ2) is 11.2. The Hall–Kier alpha value is -2.32. The first-order chi connectivity index (χ1) is 16.1. The average Bonchev–Trinajstić information content (AvgIpc) is 3.27. The fourth-order valence-corrected chi connectivity index (χ4v) is 5.79. The van der Waals surface area contributed by atoms with Crippen molar-refractivity contribution in [2.45, 2.75) is 62.1 Å². The van der Waals surface area contributed by atoms with Gasteiger partial charge in [-0.15, -0.1) is 0 Å². The highest BCUT2D eigenvalue weighted by molar-refractivity contribution is 7.99. The van der Waals surface area contributed by atoms with Gasteiger partial charge in [0.15, 0.2) is 5.16 Å². The topological polar surface area (TPSA) is 79.3 Å². The van der Waals surface area contributed by atoms with E-state index in [-0.39, 0.29) is 23.1 Å². The van der Waals surface area contributed by atoms with Crippen LogP contribution in [0.15, 0.2) is 41.8 Å². The molecule has 8 heteroatoms. The maximum atomic E-state index is 12.9. The van der Waals surface area contributed by atoms with Crippen LogP contribution in [0.1, 0.15) is 61.7 Å². The van der Waals surface area contributed by atoms with Crippen molar-refractivity contribution < 1.29 is 9.59 Å². The second-order valence-electron chi connectivity index (χ2n) is 9.25. The number of hydrogen-bond acceptors (Lipinski definition) is 5. The van der Waals surface area contributed by atoms with Crippen LogP contribution in [0.3, 0.4) is 0 Å². The lowest BCUT2D eigenvalue weighted by Crippen LogP contribution is -2.58. The molecule has 33 heavy (non-hydrogen) atoms. The third kappa shape index (κ3) is 6.18. The Morgan fingerprint density at radius 1 is 1.03 bits per heavy atom. The van der Waals surface area contributed by atoms with E-state index in [9.17, 15) is 9.59 Å². The second-order valence-corrected chi connectivity index (χ2v) is 10.2. The van der Waals surface area contributed by atoms with Gasteiger partial charge in [0.05, 0.1) is 5.75 Å². The number of carbonyl (C=O) groups is 2. The van der Waals surface area contributed by atoms with Gasteiger partial charge < -0.3 is 15.2 Å². The van der Waals surface area contributed by atoms with E-state index in [1.165, 1.54) is 63.1 Å². The number of likely N-dealkylation sites (tertiary alicyclic amines) is 1. The van der Waals surface area contributed by atoms with E-state index in [0.29, 0.717) is 17.8 Å². The highest BCUT2D eigenvalue weighted by atomic mass is 32.2. The minimum absolute atomic E-state index is 0.0415. The summed E-state index contributed by atoms with van der Waals surface area (Å²) >= 11 is 1.39. The Bertz CT molecular complexity index is 931. The molecule has 1 aliphatic heterocycles. The summed E-state index contributed by atoms with van der Waals surface area (Å²) in [6.45, 7) is 3.03. The Balaban J connectivity index is 1.29.